The highest BCUT2D eigenvalue weighted by molar-refractivity contribution is 6.30. The van der Waals surface area contributed by atoms with Gasteiger partial charge in [0.25, 0.3) is 0 Å². The number of carbonyl (C=O) groups is 1. The number of carbonyl (C=O) groups excluding carboxylic acids is 1. The number of aromatic nitrogens is 1. The van der Waals surface area contributed by atoms with Crippen molar-refractivity contribution >= 4 is 23.3 Å². The number of hydrogen-bond acceptors (Lipinski definition) is 3. The van der Waals surface area contributed by atoms with Gasteiger partial charge in [-0.05, 0) is 24.8 Å². The first-order chi connectivity index (χ1) is 7.58. The van der Waals surface area contributed by atoms with E-state index in [0.717, 1.165) is 18.9 Å². The molecule has 1 saturated carbocycles. The van der Waals surface area contributed by atoms with E-state index >= 15 is 0 Å². The van der Waals surface area contributed by atoms with Gasteiger partial charge in [0.2, 0.25) is 5.91 Å². The molecule has 1 aliphatic rings. The third-order valence-electron chi connectivity index (χ3n) is 2.48. The molecular weight excluding hydrogens is 233 g/mol. The highest BCUT2D eigenvalue weighted by Gasteiger charge is 2.33. The molecule has 1 aliphatic carbocycles. The second-order valence-corrected chi connectivity index (χ2v) is 4.27. The van der Waals surface area contributed by atoms with Crippen molar-refractivity contribution in [2.75, 3.05) is 5.32 Å². The fraction of sp³-hybridized carbons (Fsp3) is 0.400. The van der Waals surface area contributed by atoms with Crippen LogP contribution in [-0.4, -0.2) is 16.9 Å². The van der Waals surface area contributed by atoms with Crippen LogP contribution in [0.2, 0.25) is 5.02 Å². The van der Waals surface area contributed by atoms with Crippen LogP contribution in [0.25, 0.3) is 0 Å². The summed E-state index contributed by atoms with van der Waals surface area (Å²) in [4.78, 5) is 15.2. The monoisotopic (exact) mass is 243 g/mol. The van der Waals surface area contributed by atoms with Gasteiger partial charge in [0.1, 0.15) is 0 Å². The van der Waals surface area contributed by atoms with Gasteiger partial charge in [-0.2, -0.15) is 0 Å². The molecule has 0 unspecified atom stereocenters. The Kier molecular flexibility index (Phi) is 3.07. The van der Waals surface area contributed by atoms with Gasteiger partial charge in [-0.1, -0.05) is 11.6 Å². The predicted molar refractivity (Wildman–Crippen MR) is 58.5 cm³/mol. The van der Waals surface area contributed by atoms with Crippen LogP contribution in [0.5, 0.6) is 0 Å². The molecule has 3 N–H and O–H groups in total. The summed E-state index contributed by atoms with van der Waals surface area (Å²) in [6, 6.07) is 0.504. The number of anilines is 1. The van der Waals surface area contributed by atoms with Crippen LogP contribution in [0.4, 0.5) is 10.2 Å². The first-order valence-electron chi connectivity index (χ1n) is 4.95. The van der Waals surface area contributed by atoms with Crippen molar-refractivity contribution in [1.29, 1.82) is 0 Å². The third kappa shape index (κ3) is 2.48. The lowest BCUT2D eigenvalue weighted by molar-refractivity contribution is -0.117. The molecular formula is C10H11ClFN3O. The van der Waals surface area contributed by atoms with E-state index in [1.165, 1.54) is 6.20 Å². The molecule has 0 aromatic carbocycles. The normalized spacial score (nSPS) is 16.9. The molecule has 0 radical (unpaired) electrons. The second kappa shape index (κ2) is 4.35. The van der Waals surface area contributed by atoms with Crippen molar-refractivity contribution in [3.05, 3.63) is 23.1 Å². The molecule has 0 aliphatic heterocycles. The van der Waals surface area contributed by atoms with E-state index in [1.807, 2.05) is 0 Å². The minimum absolute atomic E-state index is 0.134. The van der Waals surface area contributed by atoms with Crippen LogP contribution in [-0.2, 0) is 4.79 Å². The molecule has 2 rings (SSSR count). The SMILES string of the molecule is N[C@H](C(=O)Nc1ncc(Cl)cc1F)C1CC1. The second-order valence-electron chi connectivity index (χ2n) is 3.84. The molecule has 0 spiro atoms. The third-order valence-corrected chi connectivity index (χ3v) is 2.69. The fourth-order valence-electron chi connectivity index (χ4n) is 1.38. The molecule has 6 heteroatoms. The number of pyridine rings is 1. The lowest BCUT2D eigenvalue weighted by Crippen LogP contribution is -2.37. The maximum Gasteiger partial charge on any atom is 0.242 e. The summed E-state index contributed by atoms with van der Waals surface area (Å²) in [5.41, 5.74) is 5.66. The Labute approximate surface area is 97.0 Å². The smallest absolute Gasteiger partial charge is 0.242 e. The predicted octanol–water partition coefficient (Wildman–Crippen LogP) is 1.55. The Hall–Kier alpha value is -1.20. The first-order valence-corrected chi connectivity index (χ1v) is 5.33. The topological polar surface area (TPSA) is 68.0 Å². The number of halogens is 2. The number of amides is 1. The summed E-state index contributed by atoms with van der Waals surface area (Å²) in [5.74, 6) is -0.985. The lowest BCUT2D eigenvalue weighted by atomic mass is 10.2. The zero-order chi connectivity index (χ0) is 11.7. The Morgan fingerprint density at radius 2 is 2.38 bits per heavy atom. The minimum Gasteiger partial charge on any atom is -0.320 e. The fourth-order valence-corrected chi connectivity index (χ4v) is 1.52. The Bertz CT molecular complexity index is 423. The summed E-state index contributed by atoms with van der Waals surface area (Å²) in [7, 11) is 0. The highest BCUT2D eigenvalue weighted by Crippen LogP contribution is 2.32. The van der Waals surface area contributed by atoms with Crippen LogP contribution in [0, 0.1) is 11.7 Å². The average molecular weight is 244 g/mol. The molecule has 1 amide bonds. The van der Waals surface area contributed by atoms with Gasteiger partial charge in [0, 0.05) is 6.20 Å². The first kappa shape index (κ1) is 11.3. The van der Waals surface area contributed by atoms with Gasteiger partial charge in [0.05, 0.1) is 11.1 Å². The number of nitrogens with zero attached hydrogens (tertiary/aromatic N) is 1. The molecule has 16 heavy (non-hydrogen) atoms. The van der Waals surface area contributed by atoms with Gasteiger partial charge < -0.3 is 11.1 Å². The molecule has 86 valence electrons. The van der Waals surface area contributed by atoms with Crippen molar-refractivity contribution in [3.63, 3.8) is 0 Å². The van der Waals surface area contributed by atoms with E-state index in [-0.39, 0.29) is 16.8 Å². The van der Waals surface area contributed by atoms with Gasteiger partial charge >= 0.3 is 0 Å². The summed E-state index contributed by atoms with van der Waals surface area (Å²) in [6.45, 7) is 0. The minimum atomic E-state index is -0.663. The van der Waals surface area contributed by atoms with Gasteiger partial charge in [-0.25, -0.2) is 9.37 Å². The van der Waals surface area contributed by atoms with Gasteiger partial charge in [-0.3, -0.25) is 4.79 Å². The number of nitrogens with two attached hydrogens (primary N) is 1. The zero-order valence-electron chi connectivity index (χ0n) is 8.41. The summed E-state index contributed by atoms with van der Waals surface area (Å²) in [5, 5.41) is 2.53. The van der Waals surface area contributed by atoms with E-state index in [4.69, 9.17) is 17.3 Å². The molecule has 1 fully saturated rings. The lowest BCUT2D eigenvalue weighted by Gasteiger charge is -2.10. The number of nitrogens with one attached hydrogen (secondary N) is 1. The molecule has 1 aromatic rings. The van der Waals surface area contributed by atoms with Gasteiger partial charge in [0.15, 0.2) is 11.6 Å². The molecule has 0 bridgehead atoms. The van der Waals surface area contributed by atoms with E-state index in [2.05, 4.69) is 10.3 Å². The Balaban J connectivity index is 2.05. The Morgan fingerprint density at radius 1 is 1.69 bits per heavy atom. The van der Waals surface area contributed by atoms with E-state index in [1.54, 1.807) is 0 Å². The van der Waals surface area contributed by atoms with Crippen molar-refractivity contribution in [2.45, 2.75) is 18.9 Å². The Morgan fingerprint density at radius 3 is 2.94 bits per heavy atom. The van der Waals surface area contributed by atoms with Crippen molar-refractivity contribution in [3.8, 4) is 0 Å². The number of rotatable bonds is 3. The summed E-state index contributed by atoms with van der Waals surface area (Å²) in [6.07, 6.45) is 3.17. The van der Waals surface area contributed by atoms with Crippen LogP contribution in [0.15, 0.2) is 12.3 Å². The van der Waals surface area contributed by atoms with Crippen LogP contribution < -0.4 is 11.1 Å². The maximum atomic E-state index is 13.3. The molecule has 0 saturated heterocycles. The highest BCUT2D eigenvalue weighted by atomic mass is 35.5. The quantitative estimate of drug-likeness (QED) is 0.846. The maximum absolute atomic E-state index is 13.3. The number of hydrogen-bond donors (Lipinski definition) is 2. The molecule has 4 nitrogen and oxygen atoms in total. The van der Waals surface area contributed by atoms with Crippen LogP contribution in [0.3, 0.4) is 0 Å². The molecule has 1 atom stereocenters. The van der Waals surface area contributed by atoms with Crippen LogP contribution in [0.1, 0.15) is 12.8 Å². The van der Waals surface area contributed by atoms with E-state index < -0.39 is 17.8 Å². The van der Waals surface area contributed by atoms with Crippen molar-refractivity contribution < 1.29 is 9.18 Å². The largest absolute Gasteiger partial charge is 0.320 e. The molecule has 1 heterocycles. The standard InChI is InChI=1S/C10H11ClFN3O/c11-6-3-7(12)9(14-4-6)15-10(16)8(13)5-1-2-5/h3-5,8H,1-2,13H2,(H,14,15,16)/t8-/m0/s1. The van der Waals surface area contributed by atoms with Crippen molar-refractivity contribution in [2.24, 2.45) is 11.7 Å². The van der Waals surface area contributed by atoms with E-state index in [9.17, 15) is 9.18 Å². The average Bonchev–Trinajstić information content (AvgIpc) is 3.04. The van der Waals surface area contributed by atoms with Crippen LogP contribution >= 0.6 is 11.6 Å². The summed E-state index contributed by atoms with van der Waals surface area (Å²) >= 11 is 5.54. The van der Waals surface area contributed by atoms with E-state index in [0.29, 0.717) is 0 Å². The van der Waals surface area contributed by atoms with Gasteiger partial charge in [-0.15, -0.1) is 0 Å². The molecule has 1 aromatic heterocycles. The zero-order valence-corrected chi connectivity index (χ0v) is 9.17. The van der Waals surface area contributed by atoms with Crippen molar-refractivity contribution in [1.82, 2.24) is 4.98 Å². The summed E-state index contributed by atoms with van der Waals surface area (Å²) < 4.78 is 13.3.